The standard InChI is InChI=1S/C13H18N4O/c1-11(12-4-2-5-14-8-12)15-9-13(18)10-17-7-3-6-16-17/h2-8,11,13,15,18H,9-10H2,1H3/t11-,13?/m0/s1. The molecule has 0 aliphatic carbocycles. The summed E-state index contributed by atoms with van der Waals surface area (Å²) >= 11 is 0. The number of aromatic nitrogens is 3. The van der Waals surface area contributed by atoms with Gasteiger partial charge in [0.05, 0.1) is 12.6 Å². The van der Waals surface area contributed by atoms with Crippen molar-refractivity contribution in [3.63, 3.8) is 0 Å². The van der Waals surface area contributed by atoms with Gasteiger partial charge in [0.1, 0.15) is 0 Å². The molecule has 2 heterocycles. The summed E-state index contributed by atoms with van der Waals surface area (Å²) < 4.78 is 1.72. The largest absolute Gasteiger partial charge is 0.390 e. The van der Waals surface area contributed by atoms with Crippen molar-refractivity contribution >= 4 is 0 Å². The number of hydrogen-bond donors (Lipinski definition) is 2. The van der Waals surface area contributed by atoms with Gasteiger partial charge in [-0.25, -0.2) is 0 Å². The molecule has 96 valence electrons. The molecule has 2 atom stereocenters. The molecular weight excluding hydrogens is 228 g/mol. The van der Waals surface area contributed by atoms with Crippen molar-refractivity contribution in [3.8, 4) is 0 Å². The maximum absolute atomic E-state index is 9.88. The molecular formula is C13H18N4O. The van der Waals surface area contributed by atoms with Crippen LogP contribution in [-0.4, -0.2) is 32.5 Å². The van der Waals surface area contributed by atoms with Crippen LogP contribution in [0.25, 0.3) is 0 Å². The third-order valence-electron chi connectivity index (χ3n) is 2.80. The van der Waals surface area contributed by atoms with Gasteiger partial charge in [-0.1, -0.05) is 6.07 Å². The normalized spacial score (nSPS) is 14.3. The second kappa shape index (κ2) is 6.28. The minimum Gasteiger partial charge on any atom is -0.390 e. The quantitative estimate of drug-likeness (QED) is 0.798. The highest BCUT2D eigenvalue weighted by molar-refractivity contribution is 5.12. The van der Waals surface area contributed by atoms with Gasteiger partial charge in [0.2, 0.25) is 0 Å². The molecule has 2 rings (SSSR count). The van der Waals surface area contributed by atoms with Gasteiger partial charge in [0.15, 0.2) is 0 Å². The van der Waals surface area contributed by atoms with Gasteiger partial charge in [-0.15, -0.1) is 0 Å². The lowest BCUT2D eigenvalue weighted by Gasteiger charge is -2.17. The smallest absolute Gasteiger partial charge is 0.0860 e. The fourth-order valence-electron chi connectivity index (χ4n) is 1.75. The lowest BCUT2D eigenvalue weighted by molar-refractivity contribution is 0.143. The molecule has 2 aromatic rings. The van der Waals surface area contributed by atoms with Gasteiger partial charge in [0.25, 0.3) is 0 Å². The van der Waals surface area contributed by atoms with Crippen molar-refractivity contribution in [2.45, 2.75) is 25.6 Å². The van der Waals surface area contributed by atoms with Crippen LogP contribution in [0.1, 0.15) is 18.5 Å². The summed E-state index contributed by atoms with van der Waals surface area (Å²) in [7, 11) is 0. The van der Waals surface area contributed by atoms with Gasteiger partial charge < -0.3 is 10.4 Å². The average Bonchev–Trinajstić information content (AvgIpc) is 2.90. The van der Waals surface area contributed by atoms with Gasteiger partial charge in [-0.3, -0.25) is 9.67 Å². The van der Waals surface area contributed by atoms with Crippen LogP contribution in [0.3, 0.4) is 0 Å². The Morgan fingerprint density at radius 1 is 1.39 bits per heavy atom. The molecule has 0 aliphatic heterocycles. The molecule has 0 bridgehead atoms. The second-order valence-corrected chi connectivity index (χ2v) is 4.30. The van der Waals surface area contributed by atoms with Gasteiger partial charge in [0, 0.05) is 37.4 Å². The Kier molecular flexibility index (Phi) is 4.44. The number of aliphatic hydroxyl groups excluding tert-OH is 1. The van der Waals surface area contributed by atoms with E-state index in [1.165, 1.54) is 0 Å². The van der Waals surface area contributed by atoms with E-state index in [0.717, 1.165) is 5.56 Å². The van der Waals surface area contributed by atoms with E-state index < -0.39 is 6.10 Å². The van der Waals surface area contributed by atoms with Gasteiger partial charge in [-0.2, -0.15) is 5.10 Å². The predicted molar refractivity (Wildman–Crippen MR) is 68.9 cm³/mol. The van der Waals surface area contributed by atoms with Crippen LogP contribution in [0.15, 0.2) is 43.0 Å². The maximum atomic E-state index is 9.88. The molecule has 0 amide bonds. The molecule has 0 radical (unpaired) electrons. The minimum atomic E-state index is -0.455. The number of nitrogens with one attached hydrogen (secondary N) is 1. The van der Waals surface area contributed by atoms with Crippen LogP contribution in [-0.2, 0) is 6.54 Å². The Morgan fingerprint density at radius 2 is 2.28 bits per heavy atom. The summed E-state index contributed by atoms with van der Waals surface area (Å²) in [6, 6.07) is 5.95. The Balaban J connectivity index is 1.77. The van der Waals surface area contributed by atoms with Crippen molar-refractivity contribution in [2.24, 2.45) is 0 Å². The Morgan fingerprint density at radius 3 is 2.94 bits per heavy atom. The number of aliphatic hydroxyl groups is 1. The Bertz CT molecular complexity index is 443. The van der Waals surface area contributed by atoms with E-state index in [9.17, 15) is 5.11 Å². The number of pyridine rings is 1. The highest BCUT2D eigenvalue weighted by Crippen LogP contribution is 2.09. The molecule has 0 aromatic carbocycles. The van der Waals surface area contributed by atoms with Crippen molar-refractivity contribution in [2.75, 3.05) is 6.54 Å². The monoisotopic (exact) mass is 246 g/mol. The van der Waals surface area contributed by atoms with Crippen LogP contribution in [0, 0.1) is 0 Å². The number of hydrogen-bond acceptors (Lipinski definition) is 4. The van der Waals surface area contributed by atoms with E-state index in [0.29, 0.717) is 13.1 Å². The summed E-state index contributed by atoms with van der Waals surface area (Å²) in [6.45, 7) is 3.08. The minimum absolute atomic E-state index is 0.172. The zero-order chi connectivity index (χ0) is 12.8. The topological polar surface area (TPSA) is 63.0 Å². The number of rotatable bonds is 6. The molecule has 5 nitrogen and oxygen atoms in total. The first-order chi connectivity index (χ1) is 8.75. The number of nitrogens with zero attached hydrogens (tertiary/aromatic N) is 3. The van der Waals surface area contributed by atoms with Gasteiger partial charge >= 0.3 is 0 Å². The zero-order valence-electron chi connectivity index (χ0n) is 10.4. The molecule has 0 saturated heterocycles. The molecule has 0 aliphatic rings. The Hall–Kier alpha value is -1.72. The summed E-state index contributed by atoms with van der Waals surface area (Å²) in [6.07, 6.45) is 6.68. The lowest BCUT2D eigenvalue weighted by atomic mass is 10.1. The molecule has 18 heavy (non-hydrogen) atoms. The maximum Gasteiger partial charge on any atom is 0.0860 e. The van der Waals surface area contributed by atoms with E-state index >= 15 is 0 Å². The summed E-state index contributed by atoms with van der Waals surface area (Å²) in [5.41, 5.74) is 1.11. The fraction of sp³-hybridized carbons (Fsp3) is 0.385. The molecule has 5 heteroatoms. The van der Waals surface area contributed by atoms with Crippen molar-refractivity contribution in [3.05, 3.63) is 48.5 Å². The fourth-order valence-corrected chi connectivity index (χ4v) is 1.75. The molecule has 0 fully saturated rings. The molecule has 2 aromatic heterocycles. The van der Waals surface area contributed by atoms with Crippen LogP contribution < -0.4 is 5.32 Å². The highest BCUT2D eigenvalue weighted by atomic mass is 16.3. The molecule has 1 unspecified atom stereocenters. The van der Waals surface area contributed by atoms with Crippen molar-refractivity contribution in [1.29, 1.82) is 0 Å². The second-order valence-electron chi connectivity index (χ2n) is 4.30. The zero-order valence-corrected chi connectivity index (χ0v) is 10.4. The van der Waals surface area contributed by atoms with Crippen LogP contribution in [0.2, 0.25) is 0 Å². The van der Waals surface area contributed by atoms with Crippen LogP contribution in [0.5, 0.6) is 0 Å². The average molecular weight is 246 g/mol. The van der Waals surface area contributed by atoms with Gasteiger partial charge in [-0.05, 0) is 24.6 Å². The summed E-state index contributed by atoms with van der Waals surface area (Å²) in [4.78, 5) is 4.08. The summed E-state index contributed by atoms with van der Waals surface area (Å²) in [5.74, 6) is 0. The third-order valence-corrected chi connectivity index (χ3v) is 2.80. The molecule has 0 spiro atoms. The molecule has 0 saturated carbocycles. The van der Waals surface area contributed by atoms with Crippen molar-refractivity contribution in [1.82, 2.24) is 20.1 Å². The summed E-state index contributed by atoms with van der Waals surface area (Å²) in [5, 5.41) is 17.2. The van der Waals surface area contributed by atoms with Crippen molar-refractivity contribution < 1.29 is 5.11 Å². The SMILES string of the molecule is C[C@H](NCC(O)Cn1cccn1)c1cccnc1. The van der Waals surface area contributed by atoms with E-state index in [1.807, 2.05) is 30.6 Å². The van der Waals surface area contributed by atoms with Crippen LogP contribution >= 0.6 is 0 Å². The Labute approximate surface area is 106 Å². The lowest BCUT2D eigenvalue weighted by Crippen LogP contribution is -2.32. The van der Waals surface area contributed by atoms with E-state index in [4.69, 9.17) is 0 Å². The van der Waals surface area contributed by atoms with Crippen LogP contribution in [0.4, 0.5) is 0 Å². The highest BCUT2D eigenvalue weighted by Gasteiger charge is 2.09. The third kappa shape index (κ3) is 3.65. The first-order valence-corrected chi connectivity index (χ1v) is 6.04. The van der Waals surface area contributed by atoms with E-state index in [1.54, 1.807) is 17.1 Å². The van der Waals surface area contributed by atoms with E-state index in [2.05, 4.69) is 22.3 Å². The first kappa shape index (κ1) is 12.7. The predicted octanol–water partition coefficient (Wildman–Crippen LogP) is 0.990. The molecule has 2 N–H and O–H groups in total. The van der Waals surface area contributed by atoms with E-state index in [-0.39, 0.29) is 6.04 Å². The first-order valence-electron chi connectivity index (χ1n) is 6.04.